The van der Waals surface area contributed by atoms with Gasteiger partial charge in [0.1, 0.15) is 5.54 Å². The third-order valence-electron chi connectivity index (χ3n) is 3.25. The van der Waals surface area contributed by atoms with Gasteiger partial charge in [0, 0.05) is 10.2 Å². The van der Waals surface area contributed by atoms with Crippen molar-refractivity contribution in [2.75, 3.05) is 11.9 Å². The zero-order valence-corrected chi connectivity index (χ0v) is 14.1. The largest absolute Gasteiger partial charge is 0.464 e. The normalized spacial score (nSPS) is 13.6. The SMILES string of the molecule is CCCCCC(C)(Nc1cccc(Br)c1)C(=O)OCC. The monoisotopic (exact) mass is 341 g/mol. The molecule has 0 fully saturated rings. The van der Waals surface area contributed by atoms with Gasteiger partial charge in [0.2, 0.25) is 0 Å². The molecule has 20 heavy (non-hydrogen) atoms. The van der Waals surface area contributed by atoms with Crippen LogP contribution in [0.25, 0.3) is 0 Å². The number of unbranched alkanes of at least 4 members (excludes halogenated alkanes) is 2. The van der Waals surface area contributed by atoms with E-state index >= 15 is 0 Å². The maximum absolute atomic E-state index is 12.3. The molecule has 1 atom stereocenters. The van der Waals surface area contributed by atoms with Crippen LogP contribution in [-0.4, -0.2) is 18.1 Å². The lowest BCUT2D eigenvalue weighted by atomic mass is 9.94. The number of carbonyl (C=O) groups is 1. The second-order valence-corrected chi connectivity index (χ2v) is 6.06. The number of halogens is 1. The first kappa shape index (κ1) is 17.0. The van der Waals surface area contributed by atoms with Gasteiger partial charge in [-0.1, -0.05) is 48.2 Å². The van der Waals surface area contributed by atoms with Crippen molar-refractivity contribution < 1.29 is 9.53 Å². The van der Waals surface area contributed by atoms with Crippen LogP contribution >= 0.6 is 15.9 Å². The molecule has 1 rings (SSSR count). The van der Waals surface area contributed by atoms with Gasteiger partial charge in [-0.15, -0.1) is 0 Å². The van der Waals surface area contributed by atoms with Crippen molar-refractivity contribution in [3.63, 3.8) is 0 Å². The molecule has 1 aromatic carbocycles. The molecular weight excluding hydrogens is 318 g/mol. The molecule has 0 saturated heterocycles. The van der Waals surface area contributed by atoms with Gasteiger partial charge in [-0.05, 0) is 38.5 Å². The van der Waals surface area contributed by atoms with Crippen molar-refractivity contribution in [1.29, 1.82) is 0 Å². The van der Waals surface area contributed by atoms with E-state index in [0.29, 0.717) is 6.61 Å². The summed E-state index contributed by atoms with van der Waals surface area (Å²) in [4.78, 5) is 12.3. The third kappa shape index (κ3) is 5.16. The van der Waals surface area contributed by atoms with Gasteiger partial charge in [-0.25, -0.2) is 4.79 Å². The molecule has 0 aromatic heterocycles. The smallest absolute Gasteiger partial charge is 0.331 e. The Hall–Kier alpha value is -1.03. The van der Waals surface area contributed by atoms with Crippen LogP contribution in [0.15, 0.2) is 28.7 Å². The molecule has 1 N–H and O–H groups in total. The molecule has 3 nitrogen and oxygen atoms in total. The van der Waals surface area contributed by atoms with E-state index in [1.54, 1.807) is 0 Å². The van der Waals surface area contributed by atoms with E-state index in [9.17, 15) is 4.79 Å². The fraction of sp³-hybridized carbons (Fsp3) is 0.562. The molecule has 0 spiro atoms. The van der Waals surface area contributed by atoms with Gasteiger partial charge in [0.15, 0.2) is 0 Å². The zero-order chi connectivity index (χ0) is 15.0. The summed E-state index contributed by atoms with van der Waals surface area (Å²) in [6, 6.07) is 7.84. The van der Waals surface area contributed by atoms with Crippen LogP contribution in [0.3, 0.4) is 0 Å². The molecule has 0 heterocycles. The molecule has 4 heteroatoms. The summed E-state index contributed by atoms with van der Waals surface area (Å²) in [6.07, 6.45) is 4.03. The van der Waals surface area contributed by atoms with E-state index in [0.717, 1.165) is 35.8 Å². The number of rotatable bonds is 8. The van der Waals surface area contributed by atoms with Gasteiger partial charge in [-0.3, -0.25) is 0 Å². The van der Waals surface area contributed by atoms with Crippen LogP contribution in [0.5, 0.6) is 0 Å². The highest BCUT2D eigenvalue weighted by Crippen LogP contribution is 2.25. The van der Waals surface area contributed by atoms with Crippen molar-refractivity contribution in [3.05, 3.63) is 28.7 Å². The predicted octanol–water partition coefficient (Wildman–Crippen LogP) is 4.76. The van der Waals surface area contributed by atoms with Gasteiger partial charge < -0.3 is 10.1 Å². The Morgan fingerprint density at radius 2 is 2.10 bits per heavy atom. The number of esters is 1. The molecule has 0 aliphatic heterocycles. The maximum Gasteiger partial charge on any atom is 0.331 e. The molecule has 0 aliphatic rings. The first-order chi connectivity index (χ1) is 9.51. The summed E-state index contributed by atoms with van der Waals surface area (Å²) in [7, 11) is 0. The molecule has 0 radical (unpaired) electrons. The molecular formula is C16H24BrNO2. The summed E-state index contributed by atoms with van der Waals surface area (Å²) >= 11 is 3.45. The first-order valence-electron chi connectivity index (χ1n) is 7.23. The van der Waals surface area contributed by atoms with Crippen LogP contribution < -0.4 is 5.32 Å². The summed E-state index contributed by atoms with van der Waals surface area (Å²) in [5, 5.41) is 3.34. The van der Waals surface area contributed by atoms with Crippen molar-refractivity contribution in [1.82, 2.24) is 0 Å². The lowest BCUT2D eigenvalue weighted by Crippen LogP contribution is -2.44. The van der Waals surface area contributed by atoms with Gasteiger partial charge >= 0.3 is 5.97 Å². The minimum atomic E-state index is -0.675. The van der Waals surface area contributed by atoms with Crippen molar-refractivity contribution in [3.8, 4) is 0 Å². The number of anilines is 1. The number of hydrogen-bond acceptors (Lipinski definition) is 3. The molecule has 0 amide bonds. The Morgan fingerprint density at radius 3 is 2.70 bits per heavy atom. The molecule has 0 saturated carbocycles. The molecule has 0 bridgehead atoms. The van der Waals surface area contributed by atoms with Crippen LogP contribution in [0.1, 0.15) is 46.5 Å². The number of nitrogens with one attached hydrogen (secondary N) is 1. The fourth-order valence-corrected chi connectivity index (χ4v) is 2.52. The predicted molar refractivity (Wildman–Crippen MR) is 86.9 cm³/mol. The number of ether oxygens (including phenoxy) is 1. The van der Waals surface area contributed by atoms with E-state index in [-0.39, 0.29) is 5.97 Å². The number of carbonyl (C=O) groups excluding carboxylic acids is 1. The fourth-order valence-electron chi connectivity index (χ4n) is 2.12. The van der Waals surface area contributed by atoms with Crippen LogP contribution in [0, 0.1) is 0 Å². The van der Waals surface area contributed by atoms with Crippen LogP contribution in [0.4, 0.5) is 5.69 Å². The summed E-state index contributed by atoms with van der Waals surface area (Å²) in [6.45, 7) is 6.32. The lowest BCUT2D eigenvalue weighted by Gasteiger charge is -2.29. The topological polar surface area (TPSA) is 38.3 Å². The summed E-state index contributed by atoms with van der Waals surface area (Å²) in [5.74, 6) is -0.184. The molecule has 112 valence electrons. The van der Waals surface area contributed by atoms with E-state index in [1.165, 1.54) is 0 Å². The van der Waals surface area contributed by atoms with Crippen molar-refractivity contribution in [2.45, 2.75) is 52.0 Å². The standard InChI is InChI=1S/C16H24BrNO2/c1-4-6-7-11-16(3,15(19)20-5-2)18-14-10-8-9-13(17)12-14/h8-10,12,18H,4-7,11H2,1-3H3. The lowest BCUT2D eigenvalue weighted by molar-refractivity contribution is -0.148. The van der Waals surface area contributed by atoms with E-state index in [4.69, 9.17) is 4.74 Å². The number of hydrogen-bond donors (Lipinski definition) is 1. The maximum atomic E-state index is 12.3. The highest BCUT2D eigenvalue weighted by Gasteiger charge is 2.34. The van der Waals surface area contributed by atoms with E-state index in [2.05, 4.69) is 28.2 Å². The van der Waals surface area contributed by atoms with E-state index < -0.39 is 5.54 Å². The minimum absolute atomic E-state index is 0.184. The summed E-state index contributed by atoms with van der Waals surface area (Å²) in [5.41, 5.74) is 0.248. The highest BCUT2D eigenvalue weighted by molar-refractivity contribution is 9.10. The highest BCUT2D eigenvalue weighted by atomic mass is 79.9. The minimum Gasteiger partial charge on any atom is -0.464 e. The average Bonchev–Trinajstić information content (AvgIpc) is 2.39. The third-order valence-corrected chi connectivity index (χ3v) is 3.74. The molecule has 1 unspecified atom stereocenters. The average molecular weight is 342 g/mol. The Labute approximate surface area is 130 Å². The van der Waals surface area contributed by atoms with Crippen LogP contribution in [0.2, 0.25) is 0 Å². The molecule has 1 aromatic rings. The Morgan fingerprint density at radius 1 is 1.35 bits per heavy atom. The van der Waals surface area contributed by atoms with Crippen molar-refractivity contribution >= 4 is 27.6 Å². The van der Waals surface area contributed by atoms with E-state index in [1.807, 2.05) is 38.1 Å². The number of benzene rings is 1. The zero-order valence-electron chi connectivity index (χ0n) is 12.5. The first-order valence-corrected chi connectivity index (χ1v) is 8.02. The van der Waals surface area contributed by atoms with Crippen LogP contribution in [-0.2, 0) is 9.53 Å². The Bertz CT molecular complexity index is 436. The Kier molecular flexibility index (Phi) is 7.06. The Balaban J connectivity index is 2.83. The van der Waals surface area contributed by atoms with Gasteiger partial charge in [0.25, 0.3) is 0 Å². The molecule has 0 aliphatic carbocycles. The summed E-state index contributed by atoms with van der Waals surface area (Å²) < 4.78 is 6.22. The van der Waals surface area contributed by atoms with Gasteiger partial charge in [-0.2, -0.15) is 0 Å². The van der Waals surface area contributed by atoms with Crippen molar-refractivity contribution in [2.24, 2.45) is 0 Å². The quantitative estimate of drug-likeness (QED) is 0.547. The second-order valence-electron chi connectivity index (χ2n) is 5.15. The second kappa shape index (κ2) is 8.30. The van der Waals surface area contributed by atoms with Gasteiger partial charge in [0.05, 0.1) is 6.61 Å².